The summed E-state index contributed by atoms with van der Waals surface area (Å²) in [5.41, 5.74) is 4.59. The minimum absolute atomic E-state index is 0.208. The molecule has 0 atom stereocenters. The van der Waals surface area contributed by atoms with Crippen LogP contribution >= 0.6 is 15.9 Å². The van der Waals surface area contributed by atoms with Crippen LogP contribution in [0.2, 0.25) is 0 Å². The molecule has 0 saturated heterocycles. The molecule has 0 aliphatic heterocycles. The van der Waals surface area contributed by atoms with E-state index in [1.165, 1.54) is 18.3 Å². The van der Waals surface area contributed by atoms with Crippen molar-refractivity contribution in [1.29, 1.82) is 0 Å². The molecule has 4 rings (SSSR count). The zero-order chi connectivity index (χ0) is 19.5. The molecule has 2 aromatic carbocycles. The van der Waals surface area contributed by atoms with Crippen molar-refractivity contribution < 1.29 is 14.8 Å². The maximum atomic E-state index is 9.55. The summed E-state index contributed by atoms with van der Waals surface area (Å²) in [4.78, 5) is 8.64. The van der Waals surface area contributed by atoms with Crippen molar-refractivity contribution in [2.45, 2.75) is 0 Å². The van der Waals surface area contributed by atoms with Gasteiger partial charge in [0.2, 0.25) is 11.3 Å². The number of hydrogen-bond acceptors (Lipinski definition) is 10. The Hall–Kier alpha value is -3.73. The molecule has 0 aliphatic rings. The van der Waals surface area contributed by atoms with Crippen LogP contribution in [0, 0.1) is 0 Å². The van der Waals surface area contributed by atoms with Crippen LogP contribution < -0.4 is 10.7 Å². The summed E-state index contributed by atoms with van der Waals surface area (Å²) in [6.07, 6.45) is 1.45. The van der Waals surface area contributed by atoms with E-state index in [9.17, 15) is 10.2 Å². The topological polar surface area (TPSA) is 142 Å². The predicted octanol–water partition coefficient (Wildman–Crippen LogP) is 3.38. The third-order valence-corrected chi connectivity index (χ3v) is 4.08. The third-order valence-electron chi connectivity index (χ3n) is 3.59. The molecule has 4 aromatic rings. The van der Waals surface area contributed by atoms with Gasteiger partial charge in [0.15, 0.2) is 23.1 Å². The summed E-state index contributed by atoms with van der Waals surface area (Å²) >= 11 is 3.42. The quantitative estimate of drug-likeness (QED) is 0.208. The number of aromatic hydroxyl groups is 2. The fourth-order valence-electron chi connectivity index (χ4n) is 2.29. The Morgan fingerprint density at radius 1 is 0.964 bits per heavy atom. The standard InChI is InChI=1S/C17H12BrN7O3/c18-10-2-1-3-11(7-10)20-14-15(22-17-16(21-14)24-28-25-17)23-19-8-9-4-5-12(26)13(27)6-9/h1-8,26-27H,(H,20,21,24)(H,22,23,25)/b19-8-. The number of halogens is 1. The highest BCUT2D eigenvalue weighted by Crippen LogP contribution is 2.26. The van der Waals surface area contributed by atoms with Gasteiger partial charge in [0.25, 0.3) is 0 Å². The Morgan fingerprint density at radius 2 is 1.75 bits per heavy atom. The molecule has 10 nitrogen and oxygen atoms in total. The van der Waals surface area contributed by atoms with Gasteiger partial charge in [-0.1, -0.05) is 22.0 Å². The number of phenolic OH excluding ortho intramolecular Hbond substituents is 2. The lowest BCUT2D eigenvalue weighted by atomic mass is 10.2. The van der Waals surface area contributed by atoms with Gasteiger partial charge in [-0.05, 0) is 52.3 Å². The van der Waals surface area contributed by atoms with E-state index in [0.29, 0.717) is 17.2 Å². The zero-order valence-electron chi connectivity index (χ0n) is 14.0. The predicted molar refractivity (Wildman–Crippen MR) is 106 cm³/mol. The molecule has 0 radical (unpaired) electrons. The Bertz CT molecular complexity index is 1180. The molecule has 2 heterocycles. The van der Waals surface area contributed by atoms with Crippen molar-refractivity contribution in [3.05, 3.63) is 52.5 Å². The number of nitrogens with one attached hydrogen (secondary N) is 2. The smallest absolute Gasteiger partial charge is 0.245 e. The SMILES string of the molecule is Oc1ccc(/C=N\Nc2nc3nonc3nc2Nc2cccc(Br)c2)cc1O. The van der Waals surface area contributed by atoms with Gasteiger partial charge in [0.05, 0.1) is 6.21 Å². The second kappa shape index (κ2) is 7.48. The number of aromatic nitrogens is 4. The van der Waals surface area contributed by atoms with Gasteiger partial charge in [-0.2, -0.15) is 10.1 Å². The average molecular weight is 442 g/mol. The number of phenols is 2. The van der Waals surface area contributed by atoms with Crippen molar-refractivity contribution in [2.24, 2.45) is 5.10 Å². The van der Waals surface area contributed by atoms with E-state index in [0.717, 1.165) is 10.2 Å². The normalized spacial score (nSPS) is 11.2. The number of nitrogens with zero attached hydrogens (tertiary/aromatic N) is 5. The lowest BCUT2D eigenvalue weighted by Gasteiger charge is -2.09. The summed E-state index contributed by atoms with van der Waals surface area (Å²) < 4.78 is 5.56. The zero-order valence-corrected chi connectivity index (χ0v) is 15.6. The van der Waals surface area contributed by atoms with Crippen molar-refractivity contribution >= 4 is 50.8 Å². The summed E-state index contributed by atoms with van der Waals surface area (Å²) in [6.45, 7) is 0. The van der Waals surface area contributed by atoms with E-state index >= 15 is 0 Å². The van der Waals surface area contributed by atoms with Crippen LogP contribution in [0.15, 0.2) is 56.7 Å². The first-order valence-electron chi connectivity index (χ1n) is 7.92. The average Bonchev–Trinajstić information content (AvgIpc) is 3.12. The van der Waals surface area contributed by atoms with Crippen LogP contribution in [0.3, 0.4) is 0 Å². The van der Waals surface area contributed by atoms with Gasteiger partial charge in [-0.15, -0.1) is 0 Å². The van der Waals surface area contributed by atoms with E-state index in [2.05, 4.69) is 56.7 Å². The highest BCUT2D eigenvalue weighted by atomic mass is 79.9. The molecular formula is C17H12BrN7O3. The first-order valence-corrected chi connectivity index (χ1v) is 8.72. The molecule has 28 heavy (non-hydrogen) atoms. The van der Waals surface area contributed by atoms with E-state index in [1.807, 2.05) is 24.3 Å². The minimum atomic E-state index is -0.240. The van der Waals surface area contributed by atoms with Crippen LogP contribution in [0.5, 0.6) is 11.5 Å². The van der Waals surface area contributed by atoms with Gasteiger partial charge in [-0.25, -0.2) is 9.61 Å². The molecule has 0 unspecified atom stereocenters. The Morgan fingerprint density at radius 3 is 2.50 bits per heavy atom. The van der Waals surface area contributed by atoms with Crippen molar-refractivity contribution in [1.82, 2.24) is 20.3 Å². The maximum Gasteiger partial charge on any atom is 0.245 e. The highest BCUT2D eigenvalue weighted by molar-refractivity contribution is 9.10. The number of anilines is 3. The van der Waals surface area contributed by atoms with Crippen molar-refractivity contribution in [2.75, 3.05) is 10.7 Å². The number of rotatable bonds is 5. The lowest BCUT2D eigenvalue weighted by molar-refractivity contribution is 0.314. The molecule has 0 amide bonds. The van der Waals surface area contributed by atoms with E-state index < -0.39 is 0 Å². The van der Waals surface area contributed by atoms with Gasteiger partial charge in [-0.3, -0.25) is 5.43 Å². The van der Waals surface area contributed by atoms with Crippen LogP contribution in [0.4, 0.5) is 17.3 Å². The van der Waals surface area contributed by atoms with Gasteiger partial charge < -0.3 is 15.5 Å². The molecule has 0 aliphatic carbocycles. The molecule has 0 saturated carbocycles. The summed E-state index contributed by atoms with van der Waals surface area (Å²) in [5, 5.41) is 33.5. The van der Waals surface area contributed by atoms with Crippen molar-refractivity contribution in [3.63, 3.8) is 0 Å². The number of hydrogen-bond donors (Lipinski definition) is 4. The number of hydrazone groups is 1. The van der Waals surface area contributed by atoms with Crippen molar-refractivity contribution in [3.8, 4) is 11.5 Å². The number of benzene rings is 2. The molecular weight excluding hydrogens is 430 g/mol. The van der Waals surface area contributed by atoms with Crippen LogP contribution in [-0.4, -0.2) is 36.7 Å². The second-order valence-electron chi connectivity index (χ2n) is 5.59. The first-order chi connectivity index (χ1) is 13.6. The summed E-state index contributed by atoms with van der Waals surface area (Å²) in [7, 11) is 0. The van der Waals surface area contributed by atoms with Gasteiger partial charge >= 0.3 is 0 Å². The largest absolute Gasteiger partial charge is 0.504 e. The molecule has 140 valence electrons. The van der Waals surface area contributed by atoms with Gasteiger partial charge in [0.1, 0.15) is 0 Å². The Labute approximate surface area is 166 Å². The van der Waals surface area contributed by atoms with Crippen LogP contribution in [-0.2, 0) is 0 Å². The third kappa shape index (κ3) is 3.83. The van der Waals surface area contributed by atoms with E-state index in [-0.39, 0.29) is 22.8 Å². The van der Waals surface area contributed by atoms with E-state index in [1.54, 1.807) is 6.07 Å². The Kier molecular flexibility index (Phi) is 4.72. The molecule has 2 aromatic heterocycles. The molecule has 0 bridgehead atoms. The summed E-state index contributed by atoms with van der Waals surface area (Å²) in [6, 6.07) is 11.8. The monoisotopic (exact) mass is 441 g/mol. The van der Waals surface area contributed by atoms with Crippen LogP contribution in [0.25, 0.3) is 11.3 Å². The highest BCUT2D eigenvalue weighted by Gasteiger charge is 2.13. The van der Waals surface area contributed by atoms with Crippen LogP contribution in [0.1, 0.15) is 5.56 Å². The molecule has 0 spiro atoms. The maximum absolute atomic E-state index is 9.55. The second-order valence-corrected chi connectivity index (χ2v) is 6.50. The fourth-order valence-corrected chi connectivity index (χ4v) is 2.69. The lowest BCUT2D eigenvalue weighted by Crippen LogP contribution is -2.03. The molecule has 4 N–H and O–H groups in total. The minimum Gasteiger partial charge on any atom is -0.504 e. The first kappa shape index (κ1) is 17.7. The molecule has 11 heteroatoms. The fraction of sp³-hybridized carbons (Fsp3) is 0. The Balaban J connectivity index is 1.62. The van der Waals surface area contributed by atoms with E-state index in [4.69, 9.17) is 0 Å². The number of fused-ring (bicyclic) bond motifs is 1. The van der Waals surface area contributed by atoms with Gasteiger partial charge in [0, 0.05) is 10.2 Å². The summed E-state index contributed by atoms with van der Waals surface area (Å²) in [5.74, 6) is 0.214. The molecule has 0 fully saturated rings.